The zero-order valence-corrected chi connectivity index (χ0v) is 15.1. The van der Waals surface area contributed by atoms with Crippen molar-refractivity contribution in [2.75, 3.05) is 4.90 Å². The minimum Gasteiger partial charge on any atom is -0.271 e. The molecule has 2 aromatic rings. The number of benzene rings is 2. The lowest BCUT2D eigenvalue weighted by molar-refractivity contribution is -0.123. The highest BCUT2D eigenvalue weighted by atomic mass is 35.5. The number of carbonyl (C=O) groups is 2. The van der Waals surface area contributed by atoms with Crippen LogP contribution in [0.2, 0.25) is 5.02 Å². The summed E-state index contributed by atoms with van der Waals surface area (Å²) < 4.78 is 0. The van der Waals surface area contributed by atoms with Crippen LogP contribution in [-0.4, -0.2) is 28.9 Å². The van der Waals surface area contributed by atoms with E-state index in [-0.39, 0.29) is 11.8 Å². The highest BCUT2D eigenvalue weighted by Gasteiger charge is 2.54. The monoisotopic (exact) mass is 368 g/mol. The van der Waals surface area contributed by atoms with E-state index in [9.17, 15) is 9.59 Å². The number of nitrogens with zero attached hydrogens (tertiary/aromatic N) is 4. The molecule has 1 fully saturated rings. The maximum atomic E-state index is 13.0. The predicted octanol–water partition coefficient (Wildman–Crippen LogP) is 3.45. The third kappa shape index (κ3) is 2.66. The molecule has 2 aliphatic heterocycles. The zero-order chi connectivity index (χ0) is 18.4. The summed E-state index contributed by atoms with van der Waals surface area (Å²) in [5.74, 6) is -0.618. The van der Waals surface area contributed by atoms with Crippen molar-refractivity contribution in [3.8, 4) is 0 Å². The van der Waals surface area contributed by atoms with Gasteiger partial charge in [0, 0.05) is 5.02 Å². The van der Waals surface area contributed by atoms with Gasteiger partial charge in [0.2, 0.25) is 0 Å². The summed E-state index contributed by atoms with van der Waals surface area (Å²) in [4.78, 5) is 26.9. The molecule has 132 valence electrons. The van der Waals surface area contributed by atoms with Gasteiger partial charge in [0.05, 0.1) is 12.2 Å². The molecular formula is C19H17ClN4O2. The number of fused-ring (bicyclic) bond motifs is 1. The predicted molar refractivity (Wildman–Crippen MR) is 97.8 cm³/mol. The van der Waals surface area contributed by atoms with Gasteiger partial charge < -0.3 is 0 Å². The summed E-state index contributed by atoms with van der Waals surface area (Å²) in [6.45, 7) is 4.34. The molecule has 0 saturated carbocycles. The third-order valence-corrected chi connectivity index (χ3v) is 5.12. The Hall–Kier alpha value is -2.73. The van der Waals surface area contributed by atoms with Crippen LogP contribution in [-0.2, 0) is 16.1 Å². The summed E-state index contributed by atoms with van der Waals surface area (Å²) in [7, 11) is 0. The van der Waals surface area contributed by atoms with Crippen molar-refractivity contribution in [3.05, 3.63) is 64.2 Å². The van der Waals surface area contributed by atoms with E-state index in [0.29, 0.717) is 17.3 Å². The molecule has 26 heavy (non-hydrogen) atoms. The lowest BCUT2D eigenvalue weighted by Crippen LogP contribution is -2.39. The van der Waals surface area contributed by atoms with Gasteiger partial charge in [-0.15, -0.1) is 0 Å². The van der Waals surface area contributed by atoms with Crippen LogP contribution in [0.5, 0.6) is 0 Å². The summed E-state index contributed by atoms with van der Waals surface area (Å²) in [5.41, 5.74) is 3.66. The normalized spacial score (nSPS) is 21.7. The lowest BCUT2D eigenvalue weighted by Gasteiger charge is -2.21. The highest BCUT2D eigenvalue weighted by molar-refractivity contribution is 6.30. The van der Waals surface area contributed by atoms with Gasteiger partial charge in [0.1, 0.15) is 0 Å². The molecule has 2 unspecified atom stereocenters. The number of hydrogen-bond donors (Lipinski definition) is 0. The molecule has 2 aliphatic rings. The maximum absolute atomic E-state index is 13.0. The number of hydrogen-bond acceptors (Lipinski definition) is 5. The number of amides is 2. The van der Waals surface area contributed by atoms with Crippen LogP contribution in [0.1, 0.15) is 16.7 Å². The quantitative estimate of drug-likeness (QED) is 0.779. The molecule has 2 heterocycles. The van der Waals surface area contributed by atoms with Crippen molar-refractivity contribution >= 4 is 29.1 Å². The van der Waals surface area contributed by atoms with Crippen LogP contribution in [0.4, 0.5) is 5.69 Å². The fourth-order valence-electron chi connectivity index (χ4n) is 3.25. The van der Waals surface area contributed by atoms with E-state index in [1.807, 2.05) is 38.1 Å². The van der Waals surface area contributed by atoms with Gasteiger partial charge in [-0.25, -0.2) is 4.90 Å². The Kier molecular flexibility index (Phi) is 4.00. The third-order valence-electron chi connectivity index (χ3n) is 4.86. The van der Waals surface area contributed by atoms with Crippen LogP contribution < -0.4 is 4.90 Å². The first-order chi connectivity index (χ1) is 12.5. The van der Waals surface area contributed by atoms with Crippen molar-refractivity contribution in [1.82, 2.24) is 5.01 Å². The molecule has 2 aromatic carbocycles. The van der Waals surface area contributed by atoms with Crippen LogP contribution in [0, 0.1) is 13.8 Å². The Bertz CT molecular complexity index is 926. The van der Waals surface area contributed by atoms with E-state index < -0.39 is 12.1 Å². The minimum atomic E-state index is -0.781. The maximum Gasteiger partial charge on any atom is 0.263 e. The average Bonchev–Trinajstić information content (AvgIpc) is 3.13. The number of imide groups is 1. The molecule has 4 rings (SSSR count). The highest BCUT2D eigenvalue weighted by Crippen LogP contribution is 2.33. The van der Waals surface area contributed by atoms with E-state index in [4.69, 9.17) is 11.6 Å². The molecule has 0 spiro atoms. The van der Waals surface area contributed by atoms with Gasteiger partial charge in [0.25, 0.3) is 11.8 Å². The van der Waals surface area contributed by atoms with Gasteiger partial charge in [-0.1, -0.05) is 35.0 Å². The Balaban J connectivity index is 1.60. The van der Waals surface area contributed by atoms with Crippen molar-refractivity contribution in [3.63, 3.8) is 0 Å². The SMILES string of the molecule is Cc1ccc(N2C(=O)C3N=NN(Cc4ccc(Cl)cc4)C3C2=O)cc1C. The van der Waals surface area contributed by atoms with Gasteiger partial charge in [-0.3, -0.25) is 14.6 Å². The first-order valence-electron chi connectivity index (χ1n) is 8.32. The van der Waals surface area contributed by atoms with Crippen LogP contribution in [0.3, 0.4) is 0 Å². The zero-order valence-electron chi connectivity index (χ0n) is 14.4. The number of aryl methyl sites for hydroxylation is 2. The van der Waals surface area contributed by atoms with E-state index in [1.54, 1.807) is 23.2 Å². The largest absolute Gasteiger partial charge is 0.271 e. The second-order valence-corrected chi connectivity index (χ2v) is 7.04. The van der Waals surface area contributed by atoms with Crippen molar-refractivity contribution in [2.24, 2.45) is 10.3 Å². The summed E-state index contributed by atoms with van der Waals surface area (Å²) in [6, 6.07) is 11.4. The van der Waals surface area contributed by atoms with Crippen molar-refractivity contribution < 1.29 is 9.59 Å². The number of carbonyl (C=O) groups excluding carboxylic acids is 2. The topological polar surface area (TPSA) is 65.3 Å². The molecule has 0 N–H and O–H groups in total. The Morgan fingerprint density at radius 1 is 1.00 bits per heavy atom. The molecule has 7 heteroatoms. The van der Waals surface area contributed by atoms with E-state index in [1.165, 1.54) is 4.90 Å². The Morgan fingerprint density at radius 2 is 1.73 bits per heavy atom. The second-order valence-electron chi connectivity index (χ2n) is 6.60. The molecule has 6 nitrogen and oxygen atoms in total. The first kappa shape index (κ1) is 16.7. The molecule has 1 saturated heterocycles. The molecule has 0 aliphatic carbocycles. The molecular weight excluding hydrogens is 352 g/mol. The number of rotatable bonds is 3. The molecule has 2 amide bonds. The van der Waals surface area contributed by atoms with Gasteiger partial charge in [-0.05, 0) is 54.8 Å². The smallest absolute Gasteiger partial charge is 0.263 e. The van der Waals surface area contributed by atoms with E-state index in [0.717, 1.165) is 16.7 Å². The number of halogens is 1. The van der Waals surface area contributed by atoms with E-state index in [2.05, 4.69) is 10.3 Å². The van der Waals surface area contributed by atoms with Crippen molar-refractivity contribution in [1.29, 1.82) is 0 Å². The average molecular weight is 369 g/mol. The molecule has 0 aromatic heterocycles. The van der Waals surface area contributed by atoms with Crippen molar-refractivity contribution in [2.45, 2.75) is 32.5 Å². The number of anilines is 1. The van der Waals surface area contributed by atoms with Crippen LogP contribution >= 0.6 is 11.6 Å². The molecule has 2 atom stereocenters. The molecule has 0 radical (unpaired) electrons. The Labute approximate surface area is 156 Å². The second kappa shape index (κ2) is 6.21. The van der Waals surface area contributed by atoms with Gasteiger partial charge >= 0.3 is 0 Å². The van der Waals surface area contributed by atoms with Gasteiger partial charge in [-0.2, -0.15) is 5.11 Å². The first-order valence-corrected chi connectivity index (χ1v) is 8.70. The van der Waals surface area contributed by atoms with Gasteiger partial charge in [0.15, 0.2) is 12.1 Å². The fourth-order valence-corrected chi connectivity index (χ4v) is 3.38. The Morgan fingerprint density at radius 3 is 2.42 bits per heavy atom. The van der Waals surface area contributed by atoms with Crippen LogP contribution in [0.15, 0.2) is 52.8 Å². The standard InChI is InChI=1S/C19H17ClN4O2/c1-11-3-8-15(9-12(11)2)24-18(25)16-17(19(24)26)23(22-21-16)10-13-4-6-14(20)7-5-13/h3-9,16-17H,10H2,1-2H3. The molecule has 0 bridgehead atoms. The fraction of sp³-hybridized carbons (Fsp3) is 0.263. The van der Waals surface area contributed by atoms with E-state index >= 15 is 0 Å². The lowest BCUT2D eigenvalue weighted by atomic mass is 10.1. The minimum absolute atomic E-state index is 0.290. The summed E-state index contributed by atoms with van der Waals surface area (Å²) in [6.07, 6.45) is 0. The van der Waals surface area contributed by atoms with Crippen LogP contribution in [0.25, 0.3) is 0 Å². The summed E-state index contributed by atoms with van der Waals surface area (Å²) in [5, 5.41) is 10.3. The summed E-state index contributed by atoms with van der Waals surface area (Å²) >= 11 is 5.91.